The molecule has 2 fully saturated rings. The van der Waals surface area contributed by atoms with Gasteiger partial charge in [-0.25, -0.2) is 0 Å². The van der Waals surface area contributed by atoms with Crippen LogP contribution < -0.4 is 5.32 Å². The number of hydrogen-bond donors (Lipinski definition) is 1. The lowest BCUT2D eigenvalue weighted by molar-refractivity contribution is -0.130. The van der Waals surface area contributed by atoms with Crippen molar-refractivity contribution in [3.05, 3.63) is 0 Å². The fourth-order valence-corrected chi connectivity index (χ4v) is 2.30. The minimum Gasteiger partial charge on any atom is -0.342 e. The van der Waals surface area contributed by atoms with Crippen LogP contribution in [0.25, 0.3) is 0 Å². The van der Waals surface area contributed by atoms with E-state index in [1.165, 1.54) is 19.3 Å². The third-order valence-electron chi connectivity index (χ3n) is 3.81. The zero-order valence-electron chi connectivity index (χ0n) is 10.6. The Morgan fingerprint density at radius 2 is 2.06 bits per heavy atom. The van der Waals surface area contributed by atoms with Gasteiger partial charge >= 0.3 is 0 Å². The van der Waals surface area contributed by atoms with Gasteiger partial charge in [-0.3, -0.25) is 4.79 Å². The second-order valence-corrected chi connectivity index (χ2v) is 6.05. The van der Waals surface area contributed by atoms with Crippen LogP contribution in [0.5, 0.6) is 0 Å². The van der Waals surface area contributed by atoms with Gasteiger partial charge in [0.15, 0.2) is 0 Å². The van der Waals surface area contributed by atoms with Gasteiger partial charge in [-0.05, 0) is 37.5 Å². The fourth-order valence-electron chi connectivity index (χ4n) is 2.30. The molecule has 0 aromatic carbocycles. The van der Waals surface area contributed by atoms with Gasteiger partial charge < -0.3 is 10.2 Å². The second-order valence-electron chi connectivity index (χ2n) is 6.05. The predicted octanol–water partition coefficient (Wildman–Crippen LogP) is 1.78. The monoisotopic (exact) mass is 224 g/mol. The average molecular weight is 224 g/mol. The summed E-state index contributed by atoms with van der Waals surface area (Å²) in [6, 6.07) is 0.632. The van der Waals surface area contributed by atoms with Crippen molar-refractivity contribution in [2.75, 3.05) is 19.6 Å². The minimum atomic E-state index is 0.296. The molecule has 0 aromatic rings. The van der Waals surface area contributed by atoms with Crippen molar-refractivity contribution in [1.29, 1.82) is 0 Å². The van der Waals surface area contributed by atoms with Crippen LogP contribution in [0.1, 0.15) is 46.0 Å². The summed E-state index contributed by atoms with van der Waals surface area (Å²) >= 11 is 0. The largest absolute Gasteiger partial charge is 0.342 e. The van der Waals surface area contributed by atoms with E-state index in [9.17, 15) is 4.79 Å². The average Bonchev–Trinajstić information content (AvgIpc) is 3.02. The van der Waals surface area contributed by atoms with Crippen LogP contribution in [0.15, 0.2) is 0 Å². The molecule has 1 saturated carbocycles. The van der Waals surface area contributed by atoms with E-state index in [-0.39, 0.29) is 0 Å². The molecule has 3 nitrogen and oxygen atoms in total. The van der Waals surface area contributed by atoms with E-state index >= 15 is 0 Å². The Morgan fingerprint density at radius 1 is 1.31 bits per heavy atom. The Balaban J connectivity index is 1.76. The lowest BCUT2D eigenvalue weighted by Crippen LogP contribution is -2.39. The van der Waals surface area contributed by atoms with E-state index in [0.29, 0.717) is 23.9 Å². The summed E-state index contributed by atoms with van der Waals surface area (Å²) in [5.74, 6) is 0.296. The third kappa shape index (κ3) is 3.48. The first-order valence-corrected chi connectivity index (χ1v) is 6.58. The number of carbonyl (C=O) groups excluding carboxylic acids is 1. The van der Waals surface area contributed by atoms with Crippen LogP contribution in [-0.4, -0.2) is 36.5 Å². The molecule has 0 aromatic heterocycles. The molecule has 1 amide bonds. The summed E-state index contributed by atoms with van der Waals surface area (Å²) < 4.78 is 0. The number of rotatable bonds is 3. The Labute approximate surface area is 98.6 Å². The topological polar surface area (TPSA) is 32.3 Å². The lowest BCUT2D eigenvalue weighted by atomic mass is 9.85. The smallest absolute Gasteiger partial charge is 0.236 e. The van der Waals surface area contributed by atoms with Crippen molar-refractivity contribution in [1.82, 2.24) is 10.2 Å². The van der Waals surface area contributed by atoms with Gasteiger partial charge in [0, 0.05) is 19.1 Å². The summed E-state index contributed by atoms with van der Waals surface area (Å²) in [7, 11) is 0. The summed E-state index contributed by atoms with van der Waals surface area (Å²) in [5, 5.41) is 3.30. The van der Waals surface area contributed by atoms with Gasteiger partial charge in [0.2, 0.25) is 5.91 Å². The molecule has 1 N–H and O–H groups in total. The molecule has 0 radical (unpaired) electrons. The first-order valence-electron chi connectivity index (χ1n) is 6.58. The number of hydrogen-bond acceptors (Lipinski definition) is 2. The van der Waals surface area contributed by atoms with Crippen molar-refractivity contribution >= 4 is 5.91 Å². The fraction of sp³-hybridized carbons (Fsp3) is 0.923. The summed E-state index contributed by atoms with van der Waals surface area (Å²) in [4.78, 5) is 14.0. The number of nitrogens with one attached hydrogen (secondary N) is 1. The van der Waals surface area contributed by atoms with E-state index < -0.39 is 0 Å². The van der Waals surface area contributed by atoms with Gasteiger partial charge in [-0.1, -0.05) is 13.8 Å². The summed E-state index contributed by atoms with van der Waals surface area (Å²) in [6.07, 6.45) is 6.04. The van der Waals surface area contributed by atoms with E-state index in [4.69, 9.17) is 0 Å². The van der Waals surface area contributed by atoms with E-state index in [1.807, 2.05) is 4.90 Å². The van der Waals surface area contributed by atoms with Crippen molar-refractivity contribution in [3.63, 3.8) is 0 Å². The highest BCUT2D eigenvalue weighted by Crippen LogP contribution is 2.29. The minimum absolute atomic E-state index is 0.296. The molecule has 1 aliphatic carbocycles. The molecular formula is C13H24N2O. The van der Waals surface area contributed by atoms with Crippen molar-refractivity contribution in [2.24, 2.45) is 5.41 Å². The quantitative estimate of drug-likeness (QED) is 0.792. The maximum atomic E-state index is 12.0. The SMILES string of the molecule is CC1(C)CCCN(C(=O)CNC2CC2)CC1. The number of likely N-dealkylation sites (tertiary alicyclic amines) is 1. The molecule has 1 heterocycles. The molecule has 0 spiro atoms. The lowest BCUT2D eigenvalue weighted by Gasteiger charge is -2.23. The molecule has 92 valence electrons. The van der Waals surface area contributed by atoms with Crippen molar-refractivity contribution < 1.29 is 4.79 Å². The molecule has 0 atom stereocenters. The number of amides is 1. The van der Waals surface area contributed by atoms with Gasteiger partial charge in [-0.2, -0.15) is 0 Å². The Bertz CT molecular complexity index is 259. The highest BCUT2D eigenvalue weighted by atomic mass is 16.2. The normalized spacial score (nSPS) is 25.2. The number of nitrogens with zero attached hydrogens (tertiary/aromatic N) is 1. The molecule has 1 saturated heterocycles. The first kappa shape index (κ1) is 11.9. The zero-order chi connectivity index (χ0) is 11.6. The first-order chi connectivity index (χ1) is 7.57. The predicted molar refractivity (Wildman–Crippen MR) is 65.2 cm³/mol. The molecule has 1 aliphatic heterocycles. The van der Waals surface area contributed by atoms with Gasteiger partial charge in [0.25, 0.3) is 0 Å². The van der Waals surface area contributed by atoms with Crippen LogP contribution in [-0.2, 0) is 4.79 Å². The molecule has 16 heavy (non-hydrogen) atoms. The van der Waals surface area contributed by atoms with Crippen LogP contribution in [0.3, 0.4) is 0 Å². The van der Waals surface area contributed by atoms with Crippen LogP contribution >= 0.6 is 0 Å². The van der Waals surface area contributed by atoms with E-state index in [0.717, 1.165) is 25.9 Å². The Kier molecular flexibility index (Phi) is 3.53. The summed E-state index contributed by atoms with van der Waals surface area (Å²) in [6.45, 7) is 7.06. The third-order valence-corrected chi connectivity index (χ3v) is 3.81. The van der Waals surface area contributed by atoms with E-state index in [2.05, 4.69) is 19.2 Å². The highest BCUT2D eigenvalue weighted by Gasteiger charge is 2.26. The van der Waals surface area contributed by atoms with Gasteiger partial charge in [0.05, 0.1) is 6.54 Å². The zero-order valence-corrected chi connectivity index (χ0v) is 10.6. The second kappa shape index (κ2) is 4.74. The molecule has 0 bridgehead atoms. The molecular weight excluding hydrogens is 200 g/mol. The van der Waals surface area contributed by atoms with Crippen molar-refractivity contribution in [3.8, 4) is 0 Å². The molecule has 2 aliphatic rings. The maximum Gasteiger partial charge on any atom is 0.236 e. The number of carbonyl (C=O) groups is 1. The van der Waals surface area contributed by atoms with Crippen LogP contribution in [0, 0.1) is 5.41 Å². The van der Waals surface area contributed by atoms with E-state index in [1.54, 1.807) is 0 Å². The van der Waals surface area contributed by atoms with Crippen molar-refractivity contribution in [2.45, 2.75) is 52.0 Å². The molecule has 2 rings (SSSR count). The standard InChI is InChI=1S/C13H24N2O/c1-13(2)6-3-8-15(9-7-13)12(16)10-14-11-4-5-11/h11,14H,3-10H2,1-2H3. The highest BCUT2D eigenvalue weighted by molar-refractivity contribution is 5.78. The maximum absolute atomic E-state index is 12.0. The van der Waals surface area contributed by atoms with Crippen LogP contribution in [0.4, 0.5) is 0 Å². The Morgan fingerprint density at radius 3 is 2.75 bits per heavy atom. The van der Waals surface area contributed by atoms with Gasteiger partial charge in [-0.15, -0.1) is 0 Å². The molecule has 3 heteroatoms. The molecule has 0 unspecified atom stereocenters. The van der Waals surface area contributed by atoms with Crippen LogP contribution in [0.2, 0.25) is 0 Å². The van der Waals surface area contributed by atoms with Gasteiger partial charge in [0.1, 0.15) is 0 Å². The summed E-state index contributed by atoms with van der Waals surface area (Å²) in [5.41, 5.74) is 0.416. The Hall–Kier alpha value is -0.570.